The number of anilines is 2. The van der Waals surface area contributed by atoms with Gasteiger partial charge in [-0.2, -0.15) is 0 Å². The molecule has 1 aromatic rings. The van der Waals surface area contributed by atoms with E-state index in [4.69, 9.17) is 5.73 Å². The number of nitrogens with zero attached hydrogens (tertiary/aromatic N) is 2. The van der Waals surface area contributed by atoms with Crippen molar-refractivity contribution >= 4 is 17.5 Å². The van der Waals surface area contributed by atoms with Gasteiger partial charge in [-0.15, -0.1) is 0 Å². The zero-order chi connectivity index (χ0) is 14.6. The van der Waals surface area contributed by atoms with Crippen molar-refractivity contribution in [2.24, 2.45) is 5.73 Å². The average Bonchev–Trinajstić information content (AvgIpc) is 2.27. The van der Waals surface area contributed by atoms with Gasteiger partial charge in [0.1, 0.15) is 23.5 Å². The predicted octanol–water partition coefficient (Wildman–Crippen LogP) is 1.49. The normalized spacial score (nSPS) is 12.9. The van der Waals surface area contributed by atoms with E-state index >= 15 is 0 Å². The molecule has 1 amide bonds. The van der Waals surface area contributed by atoms with Gasteiger partial charge in [-0.25, -0.2) is 9.97 Å². The Balaban J connectivity index is 3.09. The van der Waals surface area contributed by atoms with Crippen molar-refractivity contribution in [3.63, 3.8) is 0 Å². The number of carbonyl (C=O) groups is 1. The zero-order valence-corrected chi connectivity index (χ0v) is 12.2. The number of primary amides is 1. The SMILES string of the molecule is CCNc1cc(NC(C)C(N)=O)nc(C(C)(C)C)n1. The second kappa shape index (κ2) is 5.86. The number of amides is 1. The molecule has 0 aromatic carbocycles. The number of carbonyl (C=O) groups excluding carboxylic acids is 1. The zero-order valence-electron chi connectivity index (χ0n) is 12.2. The molecule has 106 valence electrons. The van der Waals surface area contributed by atoms with E-state index in [1.807, 2.05) is 27.7 Å². The molecule has 0 fully saturated rings. The topological polar surface area (TPSA) is 92.9 Å². The van der Waals surface area contributed by atoms with Crippen molar-refractivity contribution in [2.75, 3.05) is 17.2 Å². The van der Waals surface area contributed by atoms with Crippen LogP contribution in [0.15, 0.2) is 6.07 Å². The quantitative estimate of drug-likeness (QED) is 0.750. The maximum absolute atomic E-state index is 11.1. The second-order valence-electron chi connectivity index (χ2n) is 5.51. The van der Waals surface area contributed by atoms with Crippen LogP contribution in [-0.4, -0.2) is 28.5 Å². The summed E-state index contributed by atoms with van der Waals surface area (Å²) in [4.78, 5) is 20.0. The van der Waals surface area contributed by atoms with E-state index in [0.29, 0.717) is 11.6 Å². The molecule has 0 aliphatic heterocycles. The van der Waals surface area contributed by atoms with Gasteiger partial charge in [0.05, 0.1) is 0 Å². The maximum Gasteiger partial charge on any atom is 0.239 e. The van der Waals surface area contributed by atoms with Crippen LogP contribution in [0.5, 0.6) is 0 Å². The Morgan fingerprint density at radius 1 is 1.37 bits per heavy atom. The van der Waals surface area contributed by atoms with Crippen LogP contribution in [0, 0.1) is 0 Å². The van der Waals surface area contributed by atoms with Crippen LogP contribution in [0.2, 0.25) is 0 Å². The van der Waals surface area contributed by atoms with Gasteiger partial charge in [0, 0.05) is 18.0 Å². The highest BCUT2D eigenvalue weighted by Gasteiger charge is 2.20. The molecule has 1 aromatic heterocycles. The Kier molecular flexibility index (Phi) is 4.69. The number of hydrogen-bond donors (Lipinski definition) is 3. The fourth-order valence-electron chi connectivity index (χ4n) is 1.42. The third kappa shape index (κ3) is 4.39. The highest BCUT2D eigenvalue weighted by molar-refractivity contribution is 5.82. The number of nitrogens with two attached hydrogens (primary N) is 1. The Labute approximate surface area is 114 Å². The lowest BCUT2D eigenvalue weighted by Gasteiger charge is -2.20. The molecule has 1 unspecified atom stereocenters. The Morgan fingerprint density at radius 3 is 2.42 bits per heavy atom. The summed E-state index contributed by atoms with van der Waals surface area (Å²) >= 11 is 0. The standard InChI is InChI=1S/C13H23N5O/c1-6-15-9-7-10(16-8(2)11(14)19)18-12(17-9)13(3,4)5/h7-8H,6H2,1-5H3,(H2,14,19)(H2,15,16,17,18). The lowest BCUT2D eigenvalue weighted by Crippen LogP contribution is -2.33. The smallest absolute Gasteiger partial charge is 0.239 e. The van der Waals surface area contributed by atoms with Crippen molar-refractivity contribution in [3.05, 3.63) is 11.9 Å². The minimum absolute atomic E-state index is 0.169. The molecule has 4 N–H and O–H groups in total. The first-order valence-electron chi connectivity index (χ1n) is 6.43. The first kappa shape index (κ1) is 15.2. The van der Waals surface area contributed by atoms with E-state index in [2.05, 4.69) is 20.6 Å². The lowest BCUT2D eigenvalue weighted by molar-refractivity contribution is -0.118. The van der Waals surface area contributed by atoms with E-state index in [1.54, 1.807) is 13.0 Å². The van der Waals surface area contributed by atoms with Crippen molar-refractivity contribution in [2.45, 2.75) is 46.1 Å². The van der Waals surface area contributed by atoms with Crippen LogP contribution in [-0.2, 0) is 10.2 Å². The molecule has 0 saturated carbocycles. The van der Waals surface area contributed by atoms with E-state index in [-0.39, 0.29) is 5.41 Å². The minimum Gasteiger partial charge on any atom is -0.370 e. The molecular weight excluding hydrogens is 242 g/mol. The Hall–Kier alpha value is -1.85. The number of hydrogen-bond acceptors (Lipinski definition) is 5. The molecule has 0 bridgehead atoms. The molecule has 0 aliphatic rings. The summed E-state index contributed by atoms with van der Waals surface area (Å²) in [5, 5.41) is 6.14. The summed E-state index contributed by atoms with van der Waals surface area (Å²) in [5.41, 5.74) is 5.08. The predicted molar refractivity (Wildman–Crippen MR) is 77.2 cm³/mol. The highest BCUT2D eigenvalue weighted by Crippen LogP contribution is 2.22. The summed E-state index contributed by atoms with van der Waals surface area (Å²) in [5.74, 6) is 1.63. The molecule has 0 spiro atoms. The van der Waals surface area contributed by atoms with Crippen LogP contribution >= 0.6 is 0 Å². The maximum atomic E-state index is 11.1. The van der Waals surface area contributed by atoms with Gasteiger partial charge >= 0.3 is 0 Å². The van der Waals surface area contributed by atoms with E-state index in [1.165, 1.54) is 0 Å². The largest absolute Gasteiger partial charge is 0.370 e. The van der Waals surface area contributed by atoms with Crippen molar-refractivity contribution in [1.29, 1.82) is 0 Å². The fraction of sp³-hybridized carbons (Fsp3) is 0.615. The Morgan fingerprint density at radius 2 is 1.95 bits per heavy atom. The van der Waals surface area contributed by atoms with Crippen LogP contribution in [0.4, 0.5) is 11.6 Å². The molecule has 1 heterocycles. The highest BCUT2D eigenvalue weighted by atomic mass is 16.1. The van der Waals surface area contributed by atoms with Crippen LogP contribution in [0.3, 0.4) is 0 Å². The first-order chi connectivity index (χ1) is 8.74. The molecule has 0 radical (unpaired) electrons. The van der Waals surface area contributed by atoms with Gasteiger partial charge < -0.3 is 16.4 Å². The minimum atomic E-state index is -0.475. The third-order valence-corrected chi connectivity index (χ3v) is 2.55. The van der Waals surface area contributed by atoms with Crippen molar-refractivity contribution in [1.82, 2.24) is 9.97 Å². The van der Waals surface area contributed by atoms with E-state index in [0.717, 1.165) is 12.4 Å². The van der Waals surface area contributed by atoms with E-state index < -0.39 is 11.9 Å². The molecular formula is C13H23N5O. The molecule has 6 heteroatoms. The number of rotatable bonds is 5. The van der Waals surface area contributed by atoms with Crippen LogP contribution < -0.4 is 16.4 Å². The lowest BCUT2D eigenvalue weighted by atomic mass is 9.96. The molecule has 6 nitrogen and oxygen atoms in total. The summed E-state index contributed by atoms with van der Waals surface area (Å²) in [6.07, 6.45) is 0. The van der Waals surface area contributed by atoms with Gasteiger partial charge in [0.2, 0.25) is 5.91 Å². The molecule has 1 rings (SSSR count). The molecule has 1 atom stereocenters. The van der Waals surface area contributed by atoms with Crippen molar-refractivity contribution in [3.8, 4) is 0 Å². The molecule has 0 saturated heterocycles. The summed E-state index contributed by atoms with van der Waals surface area (Å²) in [6.45, 7) is 10.6. The van der Waals surface area contributed by atoms with Gasteiger partial charge in [-0.05, 0) is 13.8 Å². The molecule has 0 aliphatic carbocycles. The third-order valence-electron chi connectivity index (χ3n) is 2.55. The number of nitrogens with one attached hydrogen (secondary N) is 2. The van der Waals surface area contributed by atoms with E-state index in [9.17, 15) is 4.79 Å². The van der Waals surface area contributed by atoms with Gasteiger partial charge in [0.25, 0.3) is 0 Å². The average molecular weight is 265 g/mol. The van der Waals surface area contributed by atoms with Gasteiger partial charge in [0.15, 0.2) is 0 Å². The van der Waals surface area contributed by atoms with Gasteiger partial charge in [-0.1, -0.05) is 20.8 Å². The second-order valence-corrected chi connectivity index (χ2v) is 5.51. The monoisotopic (exact) mass is 265 g/mol. The summed E-state index contributed by atoms with van der Waals surface area (Å²) in [7, 11) is 0. The van der Waals surface area contributed by atoms with Crippen LogP contribution in [0.25, 0.3) is 0 Å². The van der Waals surface area contributed by atoms with Gasteiger partial charge in [-0.3, -0.25) is 4.79 Å². The number of aromatic nitrogens is 2. The summed E-state index contributed by atoms with van der Waals surface area (Å²) < 4.78 is 0. The Bertz CT molecular complexity index is 453. The summed E-state index contributed by atoms with van der Waals surface area (Å²) in [6, 6.07) is 1.30. The van der Waals surface area contributed by atoms with Crippen molar-refractivity contribution < 1.29 is 4.79 Å². The fourth-order valence-corrected chi connectivity index (χ4v) is 1.42. The molecule has 19 heavy (non-hydrogen) atoms. The van der Waals surface area contributed by atoms with Crippen LogP contribution in [0.1, 0.15) is 40.4 Å². The first-order valence-corrected chi connectivity index (χ1v) is 6.43.